The van der Waals surface area contributed by atoms with Crippen molar-refractivity contribution in [3.63, 3.8) is 0 Å². The molecule has 0 radical (unpaired) electrons. The number of nitrogens with zero attached hydrogens (tertiary/aromatic N) is 1. The molecule has 1 N–H and O–H groups in total. The van der Waals surface area contributed by atoms with Gasteiger partial charge in [0.2, 0.25) is 0 Å². The molecule has 0 aliphatic heterocycles. The van der Waals surface area contributed by atoms with Gasteiger partial charge in [-0.15, -0.1) is 0 Å². The monoisotopic (exact) mass is 280 g/mol. The summed E-state index contributed by atoms with van der Waals surface area (Å²) in [7, 11) is 2.17. The lowest BCUT2D eigenvalue weighted by Gasteiger charge is -2.28. The summed E-state index contributed by atoms with van der Waals surface area (Å²) < 4.78 is 13.0. The summed E-state index contributed by atoms with van der Waals surface area (Å²) in [6, 6.07) is 7.14. The molecule has 0 aliphatic carbocycles. The van der Waals surface area contributed by atoms with E-state index in [1.807, 2.05) is 12.1 Å². The van der Waals surface area contributed by atoms with E-state index >= 15 is 0 Å². The first-order chi connectivity index (χ1) is 9.31. The molecular weight excluding hydrogens is 251 g/mol. The van der Waals surface area contributed by atoms with Crippen molar-refractivity contribution >= 4 is 0 Å². The van der Waals surface area contributed by atoms with Crippen LogP contribution in [0.4, 0.5) is 4.39 Å². The van der Waals surface area contributed by atoms with E-state index in [-0.39, 0.29) is 5.82 Å². The maximum atomic E-state index is 13.0. The van der Waals surface area contributed by atoms with E-state index < -0.39 is 0 Å². The molecule has 114 valence electrons. The van der Waals surface area contributed by atoms with Crippen molar-refractivity contribution < 1.29 is 4.39 Å². The Morgan fingerprint density at radius 1 is 1.20 bits per heavy atom. The standard InChI is InChI=1S/C17H29FN2/c1-6-19-16(14-7-9-15(18)10-8-14)11-12-20(5)13-17(2,3)4/h7-10,16,19H,6,11-13H2,1-5H3. The molecule has 0 fully saturated rings. The van der Waals surface area contributed by atoms with Crippen molar-refractivity contribution in [2.45, 2.75) is 40.2 Å². The summed E-state index contributed by atoms with van der Waals surface area (Å²) in [6.45, 7) is 11.9. The van der Waals surface area contributed by atoms with E-state index in [1.54, 1.807) is 12.1 Å². The first kappa shape index (κ1) is 17.1. The minimum atomic E-state index is -0.172. The van der Waals surface area contributed by atoms with Gasteiger partial charge >= 0.3 is 0 Å². The van der Waals surface area contributed by atoms with Gasteiger partial charge in [-0.05, 0) is 49.7 Å². The lowest BCUT2D eigenvalue weighted by Crippen LogP contribution is -2.32. The smallest absolute Gasteiger partial charge is 0.123 e. The molecule has 3 heteroatoms. The Balaban J connectivity index is 2.57. The second-order valence-corrected chi connectivity index (χ2v) is 6.75. The zero-order valence-electron chi connectivity index (χ0n) is 13.5. The highest BCUT2D eigenvalue weighted by Gasteiger charge is 2.16. The third kappa shape index (κ3) is 6.49. The highest BCUT2D eigenvalue weighted by atomic mass is 19.1. The third-order valence-electron chi connectivity index (χ3n) is 3.27. The van der Waals surface area contributed by atoms with Crippen LogP contribution in [-0.2, 0) is 0 Å². The van der Waals surface area contributed by atoms with Gasteiger partial charge in [0.05, 0.1) is 0 Å². The summed E-state index contributed by atoms with van der Waals surface area (Å²) in [5, 5.41) is 3.49. The molecule has 0 heterocycles. The largest absolute Gasteiger partial charge is 0.310 e. The van der Waals surface area contributed by atoms with Crippen LogP contribution in [0.25, 0.3) is 0 Å². The van der Waals surface area contributed by atoms with E-state index in [2.05, 4.69) is 45.0 Å². The van der Waals surface area contributed by atoms with Gasteiger partial charge in [-0.3, -0.25) is 0 Å². The SMILES string of the molecule is CCNC(CCN(C)CC(C)(C)C)c1ccc(F)cc1. The lowest BCUT2D eigenvalue weighted by molar-refractivity contribution is 0.218. The zero-order chi connectivity index (χ0) is 15.2. The van der Waals surface area contributed by atoms with E-state index in [9.17, 15) is 4.39 Å². The normalized spacial score (nSPS) is 13.8. The van der Waals surface area contributed by atoms with Crippen LogP contribution in [0.5, 0.6) is 0 Å². The molecule has 0 saturated carbocycles. The van der Waals surface area contributed by atoms with Crippen LogP contribution in [0.1, 0.15) is 45.7 Å². The van der Waals surface area contributed by atoms with Gasteiger partial charge in [-0.25, -0.2) is 4.39 Å². The minimum Gasteiger partial charge on any atom is -0.310 e. The van der Waals surface area contributed by atoms with Crippen LogP contribution >= 0.6 is 0 Å². The molecule has 20 heavy (non-hydrogen) atoms. The maximum Gasteiger partial charge on any atom is 0.123 e. The third-order valence-corrected chi connectivity index (χ3v) is 3.27. The summed E-state index contributed by atoms with van der Waals surface area (Å²) in [5.41, 5.74) is 1.48. The fourth-order valence-electron chi connectivity index (χ4n) is 2.57. The average Bonchev–Trinajstić information content (AvgIpc) is 2.33. The Morgan fingerprint density at radius 3 is 2.30 bits per heavy atom. The predicted octanol–water partition coefficient (Wildman–Crippen LogP) is 3.84. The van der Waals surface area contributed by atoms with Gasteiger partial charge in [-0.1, -0.05) is 39.8 Å². The Kier molecular flexibility index (Phi) is 6.63. The van der Waals surface area contributed by atoms with Gasteiger partial charge in [0.25, 0.3) is 0 Å². The molecule has 0 aromatic heterocycles. The Morgan fingerprint density at radius 2 is 1.80 bits per heavy atom. The molecular formula is C17H29FN2. The van der Waals surface area contributed by atoms with E-state index in [0.717, 1.165) is 31.6 Å². The van der Waals surface area contributed by atoms with Gasteiger partial charge < -0.3 is 10.2 Å². The van der Waals surface area contributed by atoms with Crippen molar-refractivity contribution in [2.75, 3.05) is 26.7 Å². The van der Waals surface area contributed by atoms with Crippen LogP contribution < -0.4 is 5.32 Å². The van der Waals surface area contributed by atoms with Crippen LogP contribution in [0.3, 0.4) is 0 Å². The summed E-state index contributed by atoms with van der Waals surface area (Å²) in [6.07, 6.45) is 1.03. The van der Waals surface area contributed by atoms with Crippen molar-refractivity contribution in [1.82, 2.24) is 10.2 Å². The lowest BCUT2D eigenvalue weighted by atomic mass is 9.96. The second kappa shape index (κ2) is 7.75. The van der Waals surface area contributed by atoms with Crippen LogP contribution in [0, 0.1) is 11.2 Å². The van der Waals surface area contributed by atoms with Gasteiger partial charge in [0, 0.05) is 12.6 Å². The van der Waals surface area contributed by atoms with E-state index in [1.165, 1.54) is 0 Å². The molecule has 1 aromatic rings. The van der Waals surface area contributed by atoms with Crippen LogP contribution in [0.2, 0.25) is 0 Å². The molecule has 1 unspecified atom stereocenters. The van der Waals surface area contributed by atoms with Crippen LogP contribution in [-0.4, -0.2) is 31.6 Å². The highest BCUT2D eigenvalue weighted by molar-refractivity contribution is 5.19. The first-order valence-corrected chi connectivity index (χ1v) is 7.49. The van der Waals surface area contributed by atoms with E-state index in [4.69, 9.17) is 0 Å². The predicted molar refractivity (Wildman–Crippen MR) is 84.4 cm³/mol. The number of rotatable bonds is 7. The molecule has 0 amide bonds. The molecule has 0 bridgehead atoms. The molecule has 2 nitrogen and oxygen atoms in total. The Labute approximate surface area is 123 Å². The Bertz CT molecular complexity index is 381. The van der Waals surface area contributed by atoms with Gasteiger partial charge in [0.15, 0.2) is 0 Å². The van der Waals surface area contributed by atoms with Gasteiger partial charge in [-0.2, -0.15) is 0 Å². The topological polar surface area (TPSA) is 15.3 Å². The number of hydrogen-bond donors (Lipinski definition) is 1. The van der Waals surface area contributed by atoms with Crippen molar-refractivity contribution in [3.05, 3.63) is 35.6 Å². The first-order valence-electron chi connectivity index (χ1n) is 7.49. The molecule has 1 atom stereocenters. The van der Waals surface area contributed by atoms with Gasteiger partial charge in [0.1, 0.15) is 5.82 Å². The number of hydrogen-bond acceptors (Lipinski definition) is 2. The summed E-state index contributed by atoms with van der Waals surface area (Å²) in [5.74, 6) is -0.172. The fourth-order valence-corrected chi connectivity index (χ4v) is 2.57. The number of benzene rings is 1. The van der Waals surface area contributed by atoms with Crippen molar-refractivity contribution in [2.24, 2.45) is 5.41 Å². The summed E-state index contributed by atoms with van der Waals surface area (Å²) in [4.78, 5) is 2.37. The molecule has 1 rings (SSSR count). The number of halogens is 1. The minimum absolute atomic E-state index is 0.172. The maximum absolute atomic E-state index is 13.0. The quantitative estimate of drug-likeness (QED) is 0.816. The molecule has 0 aliphatic rings. The molecule has 0 spiro atoms. The number of nitrogens with one attached hydrogen (secondary N) is 1. The average molecular weight is 280 g/mol. The van der Waals surface area contributed by atoms with Crippen LogP contribution in [0.15, 0.2) is 24.3 Å². The van der Waals surface area contributed by atoms with Crippen molar-refractivity contribution in [3.8, 4) is 0 Å². The molecule has 0 saturated heterocycles. The zero-order valence-corrected chi connectivity index (χ0v) is 13.5. The Hall–Kier alpha value is -0.930. The second-order valence-electron chi connectivity index (χ2n) is 6.75. The highest BCUT2D eigenvalue weighted by Crippen LogP contribution is 2.19. The van der Waals surface area contributed by atoms with Crippen molar-refractivity contribution in [1.29, 1.82) is 0 Å². The van der Waals surface area contributed by atoms with E-state index in [0.29, 0.717) is 11.5 Å². The summed E-state index contributed by atoms with van der Waals surface area (Å²) >= 11 is 0. The fraction of sp³-hybridized carbons (Fsp3) is 0.647. The molecule has 1 aromatic carbocycles.